The first kappa shape index (κ1) is 13.4. The molecule has 5 heteroatoms. The van der Waals surface area contributed by atoms with Crippen LogP contribution < -0.4 is 15.0 Å². The van der Waals surface area contributed by atoms with Crippen molar-refractivity contribution in [3.63, 3.8) is 0 Å². The molecule has 2 aliphatic heterocycles. The predicted molar refractivity (Wildman–Crippen MR) is 78.2 cm³/mol. The van der Waals surface area contributed by atoms with Gasteiger partial charge in [-0.1, -0.05) is 12.1 Å². The van der Waals surface area contributed by atoms with Crippen molar-refractivity contribution in [2.45, 2.75) is 6.42 Å². The van der Waals surface area contributed by atoms with Crippen LogP contribution in [-0.4, -0.2) is 56.7 Å². The van der Waals surface area contributed by atoms with Gasteiger partial charge >= 0.3 is 0 Å². The second kappa shape index (κ2) is 6.24. The molecule has 3 rings (SSSR count). The van der Waals surface area contributed by atoms with Gasteiger partial charge in [0.15, 0.2) is 0 Å². The zero-order chi connectivity index (χ0) is 13.8. The molecule has 1 amide bonds. The summed E-state index contributed by atoms with van der Waals surface area (Å²) in [5.74, 6) is 0.979. The van der Waals surface area contributed by atoms with Crippen molar-refractivity contribution < 1.29 is 9.53 Å². The molecule has 1 fully saturated rings. The molecule has 0 atom stereocenters. The number of ether oxygens (including phenoxy) is 1. The third kappa shape index (κ3) is 2.94. The van der Waals surface area contributed by atoms with Crippen molar-refractivity contribution in [3.8, 4) is 5.75 Å². The summed E-state index contributed by atoms with van der Waals surface area (Å²) in [6.07, 6.45) is 1.10. The first-order chi connectivity index (χ1) is 9.84. The lowest BCUT2D eigenvalue weighted by Crippen LogP contribution is -2.44. The summed E-state index contributed by atoms with van der Waals surface area (Å²) in [6, 6.07) is 7.76. The molecule has 0 aliphatic carbocycles. The average Bonchev–Trinajstić information content (AvgIpc) is 2.75. The predicted octanol–water partition coefficient (Wildman–Crippen LogP) is 0.707. The number of rotatable bonds is 2. The van der Waals surface area contributed by atoms with Crippen molar-refractivity contribution in [2.24, 2.45) is 0 Å². The maximum absolute atomic E-state index is 12.5. The highest BCUT2D eigenvalue weighted by atomic mass is 16.5. The fourth-order valence-corrected chi connectivity index (χ4v) is 2.76. The Morgan fingerprint density at radius 3 is 3.05 bits per heavy atom. The number of nitrogens with one attached hydrogen (secondary N) is 1. The van der Waals surface area contributed by atoms with Crippen LogP contribution in [0.25, 0.3) is 0 Å². The van der Waals surface area contributed by atoms with Crippen LogP contribution in [0.3, 0.4) is 0 Å². The number of amides is 1. The van der Waals surface area contributed by atoms with E-state index >= 15 is 0 Å². The van der Waals surface area contributed by atoms with E-state index in [1.54, 1.807) is 0 Å². The van der Waals surface area contributed by atoms with Crippen LogP contribution in [0.15, 0.2) is 24.3 Å². The van der Waals surface area contributed by atoms with Gasteiger partial charge in [0.05, 0.1) is 18.8 Å². The van der Waals surface area contributed by atoms with Crippen LogP contribution in [0.5, 0.6) is 5.75 Å². The van der Waals surface area contributed by atoms with Crippen LogP contribution in [0.1, 0.15) is 6.42 Å². The van der Waals surface area contributed by atoms with Gasteiger partial charge in [0, 0.05) is 13.1 Å². The lowest BCUT2D eigenvalue weighted by atomic mass is 10.2. The van der Waals surface area contributed by atoms with Gasteiger partial charge in [-0.2, -0.15) is 0 Å². The van der Waals surface area contributed by atoms with E-state index in [9.17, 15) is 4.79 Å². The zero-order valence-corrected chi connectivity index (χ0v) is 11.7. The van der Waals surface area contributed by atoms with Gasteiger partial charge in [0.2, 0.25) is 5.91 Å². The number of anilines is 1. The minimum absolute atomic E-state index is 0.169. The monoisotopic (exact) mass is 275 g/mol. The highest BCUT2D eigenvalue weighted by Crippen LogP contribution is 2.30. The molecule has 5 nitrogen and oxygen atoms in total. The molecule has 1 N–H and O–H groups in total. The molecule has 0 unspecified atom stereocenters. The van der Waals surface area contributed by atoms with Crippen LogP contribution in [0.2, 0.25) is 0 Å². The van der Waals surface area contributed by atoms with Crippen molar-refractivity contribution in [2.75, 3.05) is 50.8 Å². The third-order valence-corrected chi connectivity index (χ3v) is 3.82. The van der Waals surface area contributed by atoms with E-state index in [0.717, 1.165) is 44.0 Å². The number of fused-ring (bicyclic) bond motifs is 1. The Morgan fingerprint density at radius 2 is 2.10 bits per heavy atom. The minimum atomic E-state index is 0.169. The Kier molecular flexibility index (Phi) is 4.18. The topological polar surface area (TPSA) is 44.8 Å². The van der Waals surface area contributed by atoms with Gasteiger partial charge in [-0.05, 0) is 31.6 Å². The smallest absolute Gasteiger partial charge is 0.241 e. The first-order valence-electron chi connectivity index (χ1n) is 7.30. The molecule has 1 aromatic rings. The lowest BCUT2D eigenvalue weighted by molar-refractivity contribution is -0.120. The quantitative estimate of drug-likeness (QED) is 0.863. The van der Waals surface area contributed by atoms with Crippen molar-refractivity contribution >= 4 is 11.6 Å². The summed E-state index contributed by atoms with van der Waals surface area (Å²) in [4.78, 5) is 16.6. The first-order valence-corrected chi connectivity index (χ1v) is 7.30. The van der Waals surface area contributed by atoms with Gasteiger partial charge in [0.1, 0.15) is 12.4 Å². The summed E-state index contributed by atoms with van der Waals surface area (Å²) < 4.78 is 5.60. The normalized spacial score (nSPS) is 19.9. The Labute approximate surface area is 119 Å². The fourth-order valence-electron chi connectivity index (χ4n) is 2.76. The van der Waals surface area contributed by atoms with E-state index in [1.807, 2.05) is 29.2 Å². The van der Waals surface area contributed by atoms with Crippen molar-refractivity contribution in [3.05, 3.63) is 24.3 Å². The number of hydrogen-bond donors (Lipinski definition) is 1. The zero-order valence-electron chi connectivity index (χ0n) is 11.7. The molecule has 0 bridgehead atoms. The number of benzene rings is 1. The number of carbonyl (C=O) groups is 1. The lowest BCUT2D eigenvalue weighted by Gasteiger charge is -2.31. The molecule has 0 radical (unpaired) electrons. The van der Waals surface area contributed by atoms with E-state index in [4.69, 9.17) is 4.74 Å². The molecular weight excluding hydrogens is 254 g/mol. The highest BCUT2D eigenvalue weighted by Gasteiger charge is 2.24. The number of nitrogens with zero attached hydrogens (tertiary/aromatic N) is 2. The Hall–Kier alpha value is -1.59. The molecule has 0 aromatic heterocycles. The molecule has 1 saturated heterocycles. The molecule has 20 heavy (non-hydrogen) atoms. The standard InChI is InChI=1S/C15H21N3O2/c19-15(12-17-8-3-6-16-7-9-17)18-10-11-20-14-5-2-1-4-13(14)18/h1-2,4-5,16H,3,6-12H2. The molecule has 2 aliphatic rings. The van der Waals surface area contributed by atoms with Crippen LogP contribution >= 0.6 is 0 Å². The molecule has 0 spiro atoms. The summed E-state index contributed by atoms with van der Waals surface area (Å²) >= 11 is 0. The van der Waals surface area contributed by atoms with E-state index in [1.165, 1.54) is 0 Å². The van der Waals surface area contributed by atoms with E-state index in [2.05, 4.69) is 10.2 Å². The van der Waals surface area contributed by atoms with E-state index in [0.29, 0.717) is 19.7 Å². The Bertz CT molecular complexity index is 470. The largest absolute Gasteiger partial charge is 0.490 e. The summed E-state index contributed by atoms with van der Waals surface area (Å²) in [5.41, 5.74) is 0.900. The summed E-state index contributed by atoms with van der Waals surface area (Å²) in [7, 11) is 0. The second-order valence-electron chi connectivity index (χ2n) is 5.24. The fraction of sp³-hybridized carbons (Fsp3) is 0.533. The SMILES string of the molecule is O=C(CN1CCCNCC1)N1CCOc2ccccc21. The summed E-state index contributed by atoms with van der Waals surface area (Å²) in [6.45, 7) is 5.66. The van der Waals surface area contributed by atoms with Crippen molar-refractivity contribution in [1.82, 2.24) is 10.2 Å². The molecule has 0 saturated carbocycles. The van der Waals surface area contributed by atoms with Gasteiger partial charge in [-0.3, -0.25) is 9.69 Å². The van der Waals surface area contributed by atoms with Gasteiger partial charge in [0.25, 0.3) is 0 Å². The number of carbonyl (C=O) groups excluding carboxylic acids is 1. The molecule has 2 heterocycles. The molecule has 1 aromatic carbocycles. The van der Waals surface area contributed by atoms with Crippen LogP contribution in [-0.2, 0) is 4.79 Å². The summed E-state index contributed by atoms with van der Waals surface area (Å²) in [5, 5.41) is 3.36. The Balaban J connectivity index is 1.68. The Morgan fingerprint density at radius 1 is 1.20 bits per heavy atom. The van der Waals surface area contributed by atoms with Gasteiger partial charge in [-0.15, -0.1) is 0 Å². The van der Waals surface area contributed by atoms with Crippen molar-refractivity contribution in [1.29, 1.82) is 0 Å². The second-order valence-corrected chi connectivity index (χ2v) is 5.24. The minimum Gasteiger partial charge on any atom is -0.490 e. The van der Waals surface area contributed by atoms with E-state index in [-0.39, 0.29) is 5.91 Å². The molecular formula is C15H21N3O2. The average molecular weight is 275 g/mol. The maximum Gasteiger partial charge on any atom is 0.241 e. The van der Waals surface area contributed by atoms with Crippen LogP contribution in [0, 0.1) is 0 Å². The van der Waals surface area contributed by atoms with Crippen LogP contribution in [0.4, 0.5) is 5.69 Å². The van der Waals surface area contributed by atoms with E-state index < -0.39 is 0 Å². The maximum atomic E-state index is 12.5. The highest BCUT2D eigenvalue weighted by molar-refractivity contribution is 5.96. The van der Waals surface area contributed by atoms with Gasteiger partial charge in [-0.25, -0.2) is 0 Å². The number of para-hydroxylation sites is 2. The molecule has 108 valence electrons. The third-order valence-electron chi connectivity index (χ3n) is 3.82. The van der Waals surface area contributed by atoms with Gasteiger partial charge < -0.3 is 15.0 Å². The number of hydrogen-bond acceptors (Lipinski definition) is 4.